The van der Waals surface area contributed by atoms with Gasteiger partial charge in [0.25, 0.3) is 0 Å². The third-order valence-electron chi connectivity index (χ3n) is 1.86. The van der Waals surface area contributed by atoms with Crippen molar-refractivity contribution in [3.63, 3.8) is 0 Å². The van der Waals surface area contributed by atoms with Crippen molar-refractivity contribution < 1.29 is 56.5 Å². The summed E-state index contributed by atoms with van der Waals surface area (Å²) < 4.78 is 0. The van der Waals surface area contributed by atoms with Crippen LogP contribution in [0.4, 0.5) is 0 Å². The summed E-state index contributed by atoms with van der Waals surface area (Å²) in [5, 5.41) is 10.3. The molecule has 48 valence electrons. The maximum Gasteiger partial charge on any atom is 1.00 e. The van der Waals surface area contributed by atoms with Gasteiger partial charge in [0, 0.05) is 0 Å². The molecule has 1 aliphatic rings. The maximum absolute atomic E-state index is 10.3. The average Bonchev–Trinajstić information content (AvgIpc) is 2.14. The molecule has 0 aliphatic carbocycles. The average molecular weight is 153 g/mol. The molecule has 1 aliphatic heterocycles. The van der Waals surface area contributed by atoms with E-state index in [-0.39, 0.29) is 58.0 Å². The molecule has 1 heterocycles. The van der Waals surface area contributed by atoms with Gasteiger partial charge in [0.1, 0.15) is 0 Å². The Morgan fingerprint density at radius 3 is 2.56 bits per heavy atom. The molecule has 0 aromatic heterocycles. The Kier molecular flexibility index (Phi) is 6.14. The fraction of sp³-hybridized carbons (Fsp3) is 1.00. The number of likely N-dealkylation sites (tertiary alicyclic amines) is 1. The molecule has 2 nitrogen and oxygen atoms in total. The monoisotopic (exact) mass is 153 g/mol. The first kappa shape index (κ1) is 10.6. The third kappa shape index (κ3) is 2.97. The van der Waals surface area contributed by atoms with E-state index >= 15 is 0 Å². The Bertz CT molecular complexity index is 79.5. The van der Waals surface area contributed by atoms with Crippen LogP contribution in [0.2, 0.25) is 0 Å². The van der Waals surface area contributed by atoms with Gasteiger partial charge in [-0.2, -0.15) is 0 Å². The second kappa shape index (κ2) is 5.24. The first-order valence-electron chi connectivity index (χ1n) is 3.13. The molecule has 0 N–H and O–H groups in total. The molecule has 1 rings (SSSR count). The van der Waals surface area contributed by atoms with Gasteiger partial charge in [-0.15, -0.1) is 6.61 Å². The van der Waals surface area contributed by atoms with Crippen LogP contribution >= 0.6 is 0 Å². The molecule has 1 fully saturated rings. The standard InChI is InChI=1S/C6H12NO.K/c1-7-4-2-3-6(7)5-8;/h6H,2-5H2,1H3;/q-1;+1/t6-;/m0./s1. The van der Waals surface area contributed by atoms with Crippen LogP contribution in [0, 0.1) is 0 Å². The van der Waals surface area contributed by atoms with Gasteiger partial charge in [0.05, 0.1) is 0 Å². The fourth-order valence-corrected chi connectivity index (χ4v) is 1.19. The van der Waals surface area contributed by atoms with E-state index in [9.17, 15) is 5.11 Å². The van der Waals surface area contributed by atoms with Crippen molar-refractivity contribution in [3.8, 4) is 0 Å². The second-order valence-electron chi connectivity index (χ2n) is 2.44. The van der Waals surface area contributed by atoms with Crippen molar-refractivity contribution in [2.45, 2.75) is 18.9 Å². The van der Waals surface area contributed by atoms with Crippen molar-refractivity contribution in [1.29, 1.82) is 0 Å². The van der Waals surface area contributed by atoms with Crippen LogP contribution < -0.4 is 56.5 Å². The largest absolute Gasteiger partial charge is 1.00 e. The van der Waals surface area contributed by atoms with Crippen LogP contribution in [0.1, 0.15) is 12.8 Å². The van der Waals surface area contributed by atoms with Gasteiger partial charge < -0.3 is 10.0 Å². The molecule has 1 saturated heterocycles. The van der Waals surface area contributed by atoms with Gasteiger partial charge in [-0.25, -0.2) is 0 Å². The molecule has 0 spiro atoms. The minimum Gasteiger partial charge on any atom is -0.853 e. The van der Waals surface area contributed by atoms with E-state index in [1.807, 2.05) is 7.05 Å². The first-order valence-corrected chi connectivity index (χ1v) is 3.13. The Balaban J connectivity index is 0.000000640. The molecule has 0 saturated carbocycles. The van der Waals surface area contributed by atoms with Crippen LogP contribution in [-0.2, 0) is 0 Å². The zero-order valence-corrected chi connectivity index (χ0v) is 9.38. The summed E-state index contributed by atoms with van der Waals surface area (Å²) in [6.45, 7) is 1.20. The zero-order chi connectivity index (χ0) is 5.98. The van der Waals surface area contributed by atoms with E-state index < -0.39 is 0 Å². The van der Waals surface area contributed by atoms with Crippen LogP contribution in [0.15, 0.2) is 0 Å². The normalized spacial score (nSPS) is 28.0. The molecule has 0 unspecified atom stereocenters. The number of hydrogen-bond donors (Lipinski definition) is 0. The molecule has 9 heavy (non-hydrogen) atoms. The summed E-state index contributed by atoms with van der Waals surface area (Å²) in [7, 11) is 2.02. The quantitative estimate of drug-likeness (QED) is 0.365. The molecule has 0 radical (unpaired) electrons. The van der Waals surface area contributed by atoms with Crippen LogP contribution in [0.3, 0.4) is 0 Å². The van der Waals surface area contributed by atoms with E-state index in [1.165, 1.54) is 6.42 Å². The third-order valence-corrected chi connectivity index (χ3v) is 1.86. The fourth-order valence-electron chi connectivity index (χ4n) is 1.19. The summed E-state index contributed by atoms with van der Waals surface area (Å²) in [4.78, 5) is 2.15. The molecule has 0 aromatic carbocycles. The van der Waals surface area contributed by atoms with E-state index in [1.54, 1.807) is 0 Å². The van der Waals surface area contributed by atoms with Gasteiger partial charge in [-0.3, -0.25) is 0 Å². The number of nitrogens with zero attached hydrogens (tertiary/aromatic N) is 1. The maximum atomic E-state index is 10.3. The number of rotatable bonds is 1. The van der Waals surface area contributed by atoms with Gasteiger partial charge in [0.2, 0.25) is 0 Å². The van der Waals surface area contributed by atoms with E-state index in [0.29, 0.717) is 6.04 Å². The van der Waals surface area contributed by atoms with E-state index in [0.717, 1.165) is 13.0 Å². The zero-order valence-electron chi connectivity index (χ0n) is 6.26. The molecular formula is C6H12KNO. The van der Waals surface area contributed by atoms with Gasteiger partial charge in [0.15, 0.2) is 0 Å². The van der Waals surface area contributed by atoms with Crippen molar-refractivity contribution in [1.82, 2.24) is 4.90 Å². The van der Waals surface area contributed by atoms with Crippen LogP contribution in [0.25, 0.3) is 0 Å². The SMILES string of the molecule is CN1CCC[C@H]1C[O-].[K+]. The van der Waals surface area contributed by atoms with Crippen molar-refractivity contribution in [2.24, 2.45) is 0 Å². The van der Waals surface area contributed by atoms with Crippen LogP contribution in [0.5, 0.6) is 0 Å². The summed E-state index contributed by atoms with van der Waals surface area (Å²) >= 11 is 0. The Morgan fingerprint density at radius 2 is 2.33 bits per heavy atom. The minimum absolute atomic E-state index is 0. The second-order valence-corrected chi connectivity index (χ2v) is 2.44. The molecule has 0 aromatic rings. The van der Waals surface area contributed by atoms with Crippen LogP contribution in [-0.4, -0.2) is 31.1 Å². The van der Waals surface area contributed by atoms with E-state index in [2.05, 4.69) is 4.90 Å². The summed E-state index contributed by atoms with van der Waals surface area (Å²) in [5.74, 6) is 0. The first-order chi connectivity index (χ1) is 3.84. The Hall–Kier alpha value is 1.56. The van der Waals surface area contributed by atoms with Crippen molar-refractivity contribution in [2.75, 3.05) is 20.2 Å². The summed E-state index contributed by atoms with van der Waals surface area (Å²) in [5.41, 5.74) is 0. The van der Waals surface area contributed by atoms with E-state index in [4.69, 9.17) is 0 Å². The molecule has 0 bridgehead atoms. The van der Waals surface area contributed by atoms with Gasteiger partial charge in [-0.05, 0) is 32.5 Å². The number of likely N-dealkylation sites (N-methyl/N-ethyl adjacent to an activating group) is 1. The topological polar surface area (TPSA) is 26.3 Å². The predicted octanol–water partition coefficient (Wildman–Crippen LogP) is -3.56. The molecule has 3 heteroatoms. The molecule has 0 amide bonds. The van der Waals surface area contributed by atoms with Gasteiger partial charge >= 0.3 is 51.4 Å². The summed E-state index contributed by atoms with van der Waals surface area (Å²) in [6, 6.07) is 0.343. The Morgan fingerprint density at radius 1 is 1.67 bits per heavy atom. The molecule has 1 atom stereocenters. The summed E-state index contributed by atoms with van der Waals surface area (Å²) in [6.07, 6.45) is 2.32. The smallest absolute Gasteiger partial charge is 0.853 e. The minimum atomic E-state index is 0. The Labute approximate surface area is 99.0 Å². The predicted molar refractivity (Wildman–Crippen MR) is 30.5 cm³/mol. The molecular weight excluding hydrogens is 141 g/mol. The van der Waals surface area contributed by atoms with Gasteiger partial charge in [-0.1, -0.05) is 0 Å². The van der Waals surface area contributed by atoms with Crippen molar-refractivity contribution in [3.05, 3.63) is 0 Å². The van der Waals surface area contributed by atoms with Crippen molar-refractivity contribution >= 4 is 0 Å². The number of hydrogen-bond acceptors (Lipinski definition) is 2.